The van der Waals surface area contributed by atoms with Crippen LogP contribution in [0.1, 0.15) is 18.2 Å². The second-order valence-electron chi connectivity index (χ2n) is 5.70. The second kappa shape index (κ2) is 7.07. The minimum absolute atomic E-state index is 0.305. The fourth-order valence-corrected chi connectivity index (χ4v) is 2.57. The number of urea groups is 1. The van der Waals surface area contributed by atoms with Gasteiger partial charge in [-0.25, -0.2) is 9.78 Å². The molecule has 26 heavy (non-hydrogen) atoms. The van der Waals surface area contributed by atoms with E-state index in [1.54, 1.807) is 11.1 Å². The standard InChI is InChI=1S/C18H17F3N4O/c1-2-24(12-15-11-22-16-5-3-4-10-25(15)16)17(26)23-14-8-6-13(7-9-14)18(19,20)21/h3-11H,2,12H2,1H3,(H,23,26). The number of fused-ring (bicyclic) bond motifs is 1. The van der Waals surface area contributed by atoms with Crippen molar-refractivity contribution in [1.82, 2.24) is 14.3 Å². The molecule has 0 unspecified atom stereocenters. The molecule has 2 aromatic heterocycles. The zero-order valence-electron chi connectivity index (χ0n) is 14.0. The quantitative estimate of drug-likeness (QED) is 0.748. The molecule has 3 rings (SSSR count). The topological polar surface area (TPSA) is 49.6 Å². The van der Waals surface area contributed by atoms with Gasteiger partial charge in [-0.3, -0.25) is 0 Å². The lowest BCUT2D eigenvalue weighted by molar-refractivity contribution is -0.137. The van der Waals surface area contributed by atoms with Gasteiger partial charge in [-0.15, -0.1) is 0 Å². The first kappa shape index (κ1) is 17.8. The van der Waals surface area contributed by atoms with E-state index in [9.17, 15) is 18.0 Å². The smallest absolute Gasteiger partial charge is 0.319 e. The second-order valence-corrected chi connectivity index (χ2v) is 5.70. The number of hydrogen-bond donors (Lipinski definition) is 1. The molecular weight excluding hydrogens is 345 g/mol. The van der Waals surface area contributed by atoms with Crippen LogP contribution < -0.4 is 5.32 Å². The van der Waals surface area contributed by atoms with Crippen LogP contribution in [0, 0.1) is 0 Å². The van der Waals surface area contributed by atoms with Gasteiger partial charge in [0.1, 0.15) is 5.65 Å². The Hall–Kier alpha value is -3.03. The SMILES string of the molecule is CCN(Cc1cnc2ccccn12)C(=O)Nc1ccc(C(F)(F)F)cc1. The molecular formula is C18H17F3N4O. The molecule has 1 aromatic carbocycles. The fourth-order valence-electron chi connectivity index (χ4n) is 2.57. The van der Waals surface area contributed by atoms with Crippen molar-refractivity contribution in [2.75, 3.05) is 11.9 Å². The Labute approximate surface area is 148 Å². The van der Waals surface area contributed by atoms with E-state index in [1.807, 2.05) is 35.7 Å². The Morgan fingerprint density at radius 2 is 1.92 bits per heavy atom. The molecule has 0 radical (unpaired) electrons. The van der Waals surface area contributed by atoms with E-state index < -0.39 is 17.8 Å². The molecule has 8 heteroatoms. The molecule has 0 bridgehead atoms. The van der Waals surface area contributed by atoms with Crippen molar-refractivity contribution in [1.29, 1.82) is 0 Å². The summed E-state index contributed by atoms with van der Waals surface area (Å²) in [7, 11) is 0. The number of nitrogens with zero attached hydrogens (tertiary/aromatic N) is 3. The number of nitrogens with one attached hydrogen (secondary N) is 1. The first-order chi connectivity index (χ1) is 12.4. The maximum atomic E-state index is 12.6. The fraction of sp³-hybridized carbons (Fsp3) is 0.222. The molecule has 0 aliphatic heterocycles. The first-order valence-corrected chi connectivity index (χ1v) is 8.02. The Balaban J connectivity index is 1.71. The van der Waals surface area contributed by atoms with Crippen LogP contribution in [0.4, 0.5) is 23.7 Å². The van der Waals surface area contributed by atoms with Crippen LogP contribution in [0.15, 0.2) is 54.9 Å². The number of anilines is 1. The Morgan fingerprint density at radius 3 is 2.58 bits per heavy atom. The van der Waals surface area contributed by atoms with E-state index in [4.69, 9.17) is 0 Å². The van der Waals surface area contributed by atoms with Crippen LogP contribution >= 0.6 is 0 Å². The van der Waals surface area contributed by atoms with Crippen molar-refractivity contribution < 1.29 is 18.0 Å². The molecule has 136 valence electrons. The normalized spacial score (nSPS) is 11.5. The molecule has 0 saturated heterocycles. The highest BCUT2D eigenvalue weighted by Crippen LogP contribution is 2.29. The molecule has 3 aromatic rings. The lowest BCUT2D eigenvalue weighted by Crippen LogP contribution is -2.34. The van der Waals surface area contributed by atoms with Gasteiger partial charge in [0.25, 0.3) is 0 Å². The van der Waals surface area contributed by atoms with E-state index in [0.29, 0.717) is 18.8 Å². The van der Waals surface area contributed by atoms with Crippen LogP contribution in [-0.2, 0) is 12.7 Å². The Kier molecular flexibility index (Phi) is 4.83. The van der Waals surface area contributed by atoms with Crippen molar-refractivity contribution in [2.45, 2.75) is 19.6 Å². The molecule has 0 spiro atoms. The van der Waals surface area contributed by atoms with E-state index in [0.717, 1.165) is 23.5 Å². The average Bonchev–Trinajstić information content (AvgIpc) is 3.02. The molecule has 0 aliphatic rings. The van der Waals surface area contributed by atoms with Crippen LogP contribution in [-0.4, -0.2) is 26.9 Å². The van der Waals surface area contributed by atoms with Gasteiger partial charge in [-0.05, 0) is 43.3 Å². The molecule has 2 heterocycles. The zero-order valence-corrected chi connectivity index (χ0v) is 14.0. The van der Waals surface area contributed by atoms with Gasteiger partial charge >= 0.3 is 12.2 Å². The van der Waals surface area contributed by atoms with E-state index in [1.165, 1.54) is 12.1 Å². The number of benzene rings is 1. The lowest BCUT2D eigenvalue weighted by Gasteiger charge is -2.21. The van der Waals surface area contributed by atoms with Gasteiger partial charge in [-0.2, -0.15) is 13.2 Å². The Morgan fingerprint density at radius 1 is 1.19 bits per heavy atom. The summed E-state index contributed by atoms with van der Waals surface area (Å²) in [6, 6.07) is 9.58. The van der Waals surface area contributed by atoms with Gasteiger partial charge in [-0.1, -0.05) is 6.07 Å². The summed E-state index contributed by atoms with van der Waals surface area (Å²) < 4.78 is 39.7. The van der Waals surface area contributed by atoms with E-state index in [-0.39, 0.29) is 0 Å². The van der Waals surface area contributed by atoms with E-state index in [2.05, 4.69) is 10.3 Å². The predicted molar refractivity (Wildman–Crippen MR) is 91.7 cm³/mol. The summed E-state index contributed by atoms with van der Waals surface area (Å²) >= 11 is 0. The van der Waals surface area contributed by atoms with Gasteiger partial charge in [0.15, 0.2) is 0 Å². The Bertz CT molecular complexity index is 903. The number of carbonyl (C=O) groups excluding carboxylic acids is 1. The van der Waals surface area contributed by atoms with Crippen molar-refractivity contribution in [2.24, 2.45) is 0 Å². The first-order valence-electron chi connectivity index (χ1n) is 8.02. The monoisotopic (exact) mass is 362 g/mol. The highest BCUT2D eigenvalue weighted by atomic mass is 19.4. The maximum absolute atomic E-state index is 12.6. The molecule has 0 aliphatic carbocycles. The minimum Gasteiger partial charge on any atom is -0.319 e. The maximum Gasteiger partial charge on any atom is 0.416 e. The predicted octanol–water partition coefficient (Wildman–Crippen LogP) is 4.41. The number of alkyl halides is 3. The highest BCUT2D eigenvalue weighted by Gasteiger charge is 2.30. The van der Waals surface area contributed by atoms with Gasteiger partial charge in [0.05, 0.1) is 24.0 Å². The number of amides is 2. The summed E-state index contributed by atoms with van der Waals surface area (Å²) in [5.41, 5.74) is 1.17. The minimum atomic E-state index is -4.40. The lowest BCUT2D eigenvalue weighted by atomic mass is 10.2. The zero-order chi connectivity index (χ0) is 18.7. The van der Waals surface area contributed by atoms with Crippen molar-refractivity contribution >= 4 is 17.4 Å². The number of halogens is 3. The van der Waals surface area contributed by atoms with Crippen molar-refractivity contribution in [3.8, 4) is 0 Å². The summed E-state index contributed by atoms with van der Waals surface area (Å²) in [6.45, 7) is 2.59. The molecule has 5 nitrogen and oxygen atoms in total. The number of pyridine rings is 1. The third-order valence-corrected chi connectivity index (χ3v) is 3.98. The van der Waals surface area contributed by atoms with Crippen LogP contribution in [0.5, 0.6) is 0 Å². The summed E-state index contributed by atoms with van der Waals surface area (Å²) in [5.74, 6) is 0. The van der Waals surface area contributed by atoms with Gasteiger partial charge in [0.2, 0.25) is 0 Å². The molecule has 2 amide bonds. The van der Waals surface area contributed by atoms with Crippen LogP contribution in [0.25, 0.3) is 5.65 Å². The number of carbonyl (C=O) groups is 1. The third kappa shape index (κ3) is 3.79. The average molecular weight is 362 g/mol. The van der Waals surface area contributed by atoms with Crippen LogP contribution in [0.2, 0.25) is 0 Å². The molecule has 0 saturated carbocycles. The van der Waals surface area contributed by atoms with Gasteiger partial charge in [0, 0.05) is 18.4 Å². The largest absolute Gasteiger partial charge is 0.416 e. The van der Waals surface area contributed by atoms with Crippen molar-refractivity contribution in [3.05, 3.63) is 66.1 Å². The molecule has 0 atom stereocenters. The van der Waals surface area contributed by atoms with Gasteiger partial charge < -0.3 is 14.6 Å². The third-order valence-electron chi connectivity index (χ3n) is 3.98. The summed E-state index contributed by atoms with van der Waals surface area (Å²) in [4.78, 5) is 18.3. The van der Waals surface area contributed by atoms with Crippen LogP contribution in [0.3, 0.4) is 0 Å². The number of imidazole rings is 1. The van der Waals surface area contributed by atoms with Crippen molar-refractivity contribution in [3.63, 3.8) is 0 Å². The highest BCUT2D eigenvalue weighted by molar-refractivity contribution is 5.89. The molecule has 1 N–H and O–H groups in total. The number of hydrogen-bond acceptors (Lipinski definition) is 2. The van der Waals surface area contributed by atoms with E-state index >= 15 is 0 Å². The molecule has 0 fully saturated rings. The summed E-state index contributed by atoms with van der Waals surface area (Å²) in [5, 5.41) is 2.62. The number of aromatic nitrogens is 2. The number of rotatable bonds is 4. The summed E-state index contributed by atoms with van der Waals surface area (Å²) in [6.07, 6.45) is -0.844.